The van der Waals surface area contributed by atoms with Gasteiger partial charge in [0.25, 0.3) is 0 Å². The summed E-state index contributed by atoms with van der Waals surface area (Å²) in [6.45, 7) is 0. The van der Waals surface area contributed by atoms with Gasteiger partial charge in [-0.3, -0.25) is 0 Å². The van der Waals surface area contributed by atoms with Crippen LogP contribution >= 0.6 is 46.4 Å². The molecule has 0 fully saturated rings. The minimum atomic E-state index is 0.647. The van der Waals surface area contributed by atoms with Crippen molar-refractivity contribution in [2.75, 3.05) is 0 Å². The monoisotopic (exact) mass is 506 g/mol. The molecular formula is C29H18Cl4. The Balaban J connectivity index is 1.90. The summed E-state index contributed by atoms with van der Waals surface area (Å²) < 4.78 is 0. The van der Waals surface area contributed by atoms with Crippen LogP contribution < -0.4 is 0 Å². The Kier molecular flexibility index (Phi) is 6.36. The second kappa shape index (κ2) is 9.41. The van der Waals surface area contributed by atoms with Gasteiger partial charge in [-0.1, -0.05) is 119 Å². The molecule has 0 saturated carbocycles. The quantitative estimate of drug-likeness (QED) is 0.257. The van der Waals surface area contributed by atoms with E-state index in [9.17, 15) is 0 Å². The first-order valence-corrected chi connectivity index (χ1v) is 12.0. The molecule has 0 amide bonds. The SMILES string of the molecule is Clc1ccccc1C1=C(c2ccccc2Cl)C(c2ccccc2Cl)=C(c2ccccc2Cl)C1. The van der Waals surface area contributed by atoms with Gasteiger partial charge in [0.2, 0.25) is 0 Å². The average molecular weight is 508 g/mol. The molecule has 0 unspecified atom stereocenters. The van der Waals surface area contributed by atoms with Crippen LogP contribution in [0, 0.1) is 0 Å². The van der Waals surface area contributed by atoms with Gasteiger partial charge in [0, 0.05) is 31.2 Å². The predicted molar refractivity (Wildman–Crippen MR) is 144 cm³/mol. The maximum absolute atomic E-state index is 6.77. The fraction of sp³-hybridized carbons (Fsp3) is 0.0345. The van der Waals surface area contributed by atoms with Gasteiger partial charge in [0.15, 0.2) is 0 Å². The van der Waals surface area contributed by atoms with Crippen molar-refractivity contribution in [3.05, 3.63) is 139 Å². The van der Waals surface area contributed by atoms with Gasteiger partial charge in [0.05, 0.1) is 0 Å². The maximum Gasteiger partial charge on any atom is 0.0484 e. The second-order valence-electron chi connectivity index (χ2n) is 7.80. The zero-order valence-electron chi connectivity index (χ0n) is 17.5. The van der Waals surface area contributed by atoms with Crippen LogP contribution in [0.4, 0.5) is 0 Å². The molecule has 0 radical (unpaired) electrons. The fourth-order valence-corrected chi connectivity index (χ4v) is 5.41. The third-order valence-corrected chi connectivity index (χ3v) is 7.21. The molecule has 0 atom stereocenters. The number of rotatable bonds is 4. The molecule has 0 bridgehead atoms. The lowest BCUT2D eigenvalue weighted by Crippen LogP contribution is -1.94. The van der Waals surface area contributed by atoms with Crippen molar-refractivity contribution < 1.29 is 0 Å². The van der Waals surface area contributed by atoms with E-state index in [1.54, 1.807) is 0 Å². The molecule has 162 valence electrons. The standard InChI is InChI=1S/C29H18Cl4/c30-24-13-5-1-9-18(24)22-17-23(19-10-2-6-14-25(19)31)29(21-12-4-8-16-27(21)33)28(22)20-11-3-7-15-26(20)32/h1-16H,17H2. The van der Waals surface area contributed by atoms with Crippen molar-refractivity contribution in [1.82, 2.24) is 0 Å². The lowest BCUT2D eigenvalue weighted by atomic mass is 9.89. The van der Waals surface area contributed by atoms with E-state index in [0.717, 1.165) is 44.5 Å². The van der Waals surface area contributed by atoms with E-state index in [0.29, 0.717) is 26.5 Å². The second-order valence-corrected chi connectivity index (χ2v) is 9.43. The van der Waals surface area contributed by atoms with Crippen LogP contribution in [-0.4, -0.2) is 0 Å². The van der Waals surface area contributed by atoms with Gasteiger partial charge in [-0.15, -0.1) is 0 Å². The summed E-state index contributed by atoms with van der Waals surface area (Å²) in [6, 6.07) is 31.6. The molecule has 0 N–H and O–H groups in total. The van der Waals surface area contributed by atoms with Gasteiger partial charge >= 0.3 is 0 Å². The van der Waals surface area contributed by atoms with E-state index in [1.807, 2.05) is 97.1 Å². The van der Waals surface area contributed by atoms with E-state index in [4.69, 9.17) is 46.4 Å². The number of halogens is 4. The van der Waals surface area contributed by atoms with E-state index in [1.165, 1.54) is 0 Å². The van der Waals surface area contributed by atoms with Crippen LogP contribution in [0.3, 0.4) is 0 Å². The highest BCUT2D eigenvalue weighted by Crippen LogP contribution is 2.55. The van der Waals surface area contributed by atoms with Crippen LogP contribution in [0.25, 0.3) is 22.3 Å². The molecule has 5 rings (SSSR count). The first kappa shape index (κ1) is 22.3. The minimum absolute atomic E-state index is 0.647. The number of hydrogen-bond donors (Lipinski definition) is 0. The van der Waals surface area contributed by atoms with Crippen molar-refractivity contribution in [2.24, 2.45) is 0 Å². The molecule has 0 spiro atoms. The van der Waals surface area contributed by atoms with Crippen molar-refractivity contribution in [3.63, 3.8) is 0 Å². The number of allylic oxidation sites excluding steroid dienone is 4. The van der Waals surface area contributed by atoms with E-state index >= 15 is 0 Å². The average Bonchev–Trinajstić information content (AvgIpc) is 3.20. The van der Waals surface area contributed by atoms with Gasteiger partial charge in [-0.05, 0) is 64.1 Å². The summed E-state index contributed by atoms with van der Waals surface area (Å²) in [7, 11) is 0. The molecule has 33 heavy (non-hydrogen) atoms. The normalized spacial score (nSPS) is 13.7. The summed E-state index contributed by atoms with van der Waals surface area (Å²) in [4.78, 5) is 0. The van der Waals surface area contributed by atoms with Crippen molar-refractivity contribution in [2.45, 2.75) is 6.42 Å². The molecule has 0 heterocycles. The van der Waals surface area contributed by atoms with Crippen LogP contribution in [-0.2, 0) is 0 Å². The molecule has 0 nitrogen and oxygen atoms in total. The van der Waals surface area contributed by atoms with Crippen molar-refractivity contribution in [1.29, 1.82) is 0 Å². The molecule has 4 aromatic carbocycles. The van der Waals surface area contributed by atoms with Crippen molar-refractivity contribution >= 4 is 68.7 Å². The smallest absolute Gasteiger partial charge is 0.0484 e. The Labute approximate surface area is 213 Å². The fourth-order valence-electron chi connectivity index (χ4n) is 4.45. The number of benzene rings is 4. The first-order chi connectivity index (χ1) is 16.1. The zero-order valence-corrected chi connectivity index (χ0v) is 20.5. The van der Waals surface area contributed by atoms with Crippen LogP contribution in [0.5, 0.6) is 0 Å². The highest BCUT2D eigenvalue weighted by molar-refractivity contribution is 6.41. The van der Waals surface area contributed by atoms with E-state index in [2.05, 4.69) is 0 Å². The highest BCUT2D eigenvalue weighted by Gasteiger charge is 2.31. The molecule has 4 heteroatoms. The summed E-state index contributed by atoms with van der Waals surface area (Å²) >= 11 is 26.9. The summed E-state index contributed by atoms with van der Waals surface area (Å²) in [5.74, 6) is 0. The lowest BCUT2D eigenvalue weighted by Gasteiger charge is -2.17. The molecule has 4 aromatic rings. The van der Waals surface area contributed by atoms with E-state index < -0.39 is 0 Å². The van der Waals surface area contributed by atoms with Gasteiger partial charge in [-0.2, -0.15) is 0 Å². The largest absolute Gasteiger partial charge is 0.0837 e. The Morgan fingerprint density at radius 2 is 0.636 bits per heavy atom. The van der Waals surface area contributed by atoms with E-state index in [-0.39, 0.29) is 0 Å². The van der Waals surface area contributed by atoms with Crippen LogP contribution in [0.15, 0.2) is 97.1 Å². The minimum Gasteiger partial charge on any atom is -0.0837 e. The molecular weight excluding hydrogens is 490 g/mol. The van der Waals surface area contributed by atoms with Gasteiger partial charge in [0.1, 0.15) is 0 Å². The third kappa shape index (κ3) is 4.14. The van der Waals surface area contributed by atoms with Crippen LogP contribution in [0.1, 0.15) is 28.7 Å². The molecule has 1 aliphatic rings. The Morgan fingerprint density at radius 3 is 0.939 bits per heavy atom. The third-order valence-electron chi connectivity index (χ3n) is 5.89. The lowest BCUT2D eigenvalue weighted by molar-refractivity contribution is 1.42. The Bertz CT molecular complexity index is 1320. The maximum atomic E-state index is 6.77. The molecule has 1 aliphatic carbocycles. The summed E-state index contributed by atoms with van der Waals surface area (Å²) in [6.07, 6.45) is 0.647. The summed E-state index contributed by atoms with van der Waals surface area (Å²) in [5.41, 5.74) is 8.06. The Morgan fingerprint density at radius 1 is 0.364 bits per heavy atom. The van der Waals surface area contributed by atoms with Gasteiger partial charge < -0.3 is 0 Å². The molecule has 0 aliphatic heterocycles. The molecule has 0 aromatic heterocycles. The van der Waals surface area contributed by atoms with Crippen molar-refractivity contribution in [3.8, 4) is 0 Å². The Hall–Kier alpha value is -2.48. The number of hydrogen-bond acceptors (Lipinski definition) is 0. The zero-order chi connectivity index (χ0) is 22.9. The highest BCUT2D eigenvalue weighted by atomic mass is 35.5. The van der Waals surface area contributed by atoms with Gasteiger partial charge in [-0.25, -0.2) is 0 Å². The van der Waals surface area contributed by atoms with Crippen LogP contribution in [0.2, 0.25) is 20.1 Å². The first-order valence-electron chi connectivity index (χ1n) is 10.5. The molecule has 0 saturated heterocycles. The topological polar surface area (TPSA) is 0 Å². The summed E-state index contributed by atoms with van der Waals surface area (Å²) in [5, 5.41) is 2.72. The predicted octanol–water partition coefficient (Wildman–Crippen LogP) is 10.2.